The lowest BCUT2D eigenvalue weighted by Crippen LogP contribution is -2.34. The first kappa shape index (κ1) is 12.3. The van der Waals surface area contributed by atoms with E-state index in [1.807, 2.05) is 23.5 Å². The number of benzene rings is 1. The van der Waals surface area contributed by atoms with E-state index in [0.717, 1.165) is 0 Å². The second kappa shape index (κ2) is 5.99. The van der Waals surface area contributed by atoms with Crippen LogP contribution in [0.4, 0.5) is 0 Å². The maximum Gasteiger partial charge on any atom is 0.0428 e. The average molecular weight is 253 g/mol. The van der Waals surface area contributed by atoms with Crippen molar-refractivity contribution < 1.29 is 0 Å². The molecule has 1 aromatic rings. The van der Waals surface area contributed by atoms with Crippen molar-refractivity contribution in [1.29, 1.82) is 0 Å². The number of rotatable bonds is 5. The van der Waals surface area contributed by atoms with Crippen LogP contribution < -0.4 is 5.32 Å². The van der Waals surface area contributed by atoms with Gasteiger partial charge in [0.25, 0.3) is 0 Å². The number of nitrogens with one attached hydrogen (secondary N) is 1. The van der Waals surface area contributed by atoms with Crippen LogP contribution in [0.2, 0.25) is 0 Å². The van der Waals surface area contributed by atoms with Gasteiger partial charge in [0.1, 0.15) is 0 Å². The van der Waals surface area contributed by atoms with Crippen LogP contribution in [0.15, 0.2) is 29.2 Å². The van der Waals surface area contributed by atoms with Crippen LogP contribution >= 0.6 is 23.5 Å². The van der Waals surface area contributed by atoms with E-state index in [2.05, 4.69) is 42.8 Å². The van der Waals surface area contributed by atoms with Crippen LogP contribution in [0.25, 0.3) is 0 Å². The van der Waals surface area contributed by atoms with Crippen LogP contribution in [-0.2, 0) is 0 Å². The fraction of sp³-hybridized carbons (Fsp3) is 0.538. The lowest BCUT2D eigenvalue weighted by atomic mass is 10.1. The lowest BCUT2D eigenvalue weighted by molar-refractivity contribution is 0.480. The summed E-state index contributed by atoms with van der Waals surface area (Å²) in [5.41, 5.74) is 1.49. The molecule has 1 N–H and O–H groups in total. The summed E-state index contributed by atoms with van der Waals surface area (Å²) in [6.07, 6.45) is 3.39. The molecule has 0 radical (unpaired) electrons. The molecule has 1 heterocycles. The van der Waals surface area contributed by atoms with Crippen LogP contribution in [0, 0.1) is 0 Å². The van der Waals surface area contributed by atoms with E-state index >= 15 is 0 Å². The molecule has 0 saturated heterocycles. The molecule has 88 valence electrons. The molecular formula is C13H19NS2. The summed E-state index contributed by atoms with van der Waals surface area (Å²) in [4.78, 5) is 1.46. The molecule has 0 fully saturated rings. The Morgan fingerprint density at radius 1 is 1.50 bits per heavy atom. The third-order valence-electron chi connectivity index (χ3n) is 3.00. The van der Waals surface area contributed by atoms with Crippen LogP contribution in [0.5, 0.6) is 0 Å². The van der Waals surface area contributed by atoms with Crippen molar-refractivity contribution in [3.63, 3.8) is 0 Å². The van der Waals surface area contributed by atoms with Crippen molar-refractivity contribution >= 4 is 23.5 Å². The van der Waals surface area contributed by atoms with Crippen LogP contribution in [-0.4, -0.2) is 23.8 Å². The third-order valence-corrected chi connectivity index (χ3v) is 4.92. The van der Waals surface area contributed by atoms with Gasteiger partial charge in [-0.25, -0.2) is 0 Å². The molecule has 3 heteroatoms. The lowest BCUT2D eigenvalue weighted by Gasteiger charge is -2.21. The van der Waals surface area contributed by atoms with Gasteiger partial charge in [0.05, 0.1) is 0 Å². The number of thioether (sulfide) groups is 2. The first-order valence-corrected chi connectivity index (χ1v) is 8.19. The van der Waals surface area contributed by atoms with Gasteiger partial charge in [0.2, 0.25) is 0 Å². The molecule has 0 aliphatic carbocycles. The highest BCUT2D eigenvalue weighted by Gasteiger charge is 2.24. The SMILES string of the molecule is CCC(CSC)NC1CSc2ccccc21. The second-order valence-electron chi connectivity index (χ2n) is 4.13. The Bertz CT molecular complexity index is 340. The summed E-state index contributed by atoms with van der Waals surface area (Å²) in [7, 11) is 0. The molecule has 1 aliphatic heterocycles. The fourth-order valence-electron chi connectivity index (χ4n) is 2.07. The first-order chi connectivity index (χ1) is 7.85. The van der Waals surface area contributed by atoms with Crippen molar-refractivity contribution in [2.24, 2.45) is 0 Å². The molecule has 2 rings (SSSR count). The van der Waals surface area contributed by atoms with Gasteiger partial charge in [0, 0.05) is 28.5 Å². The third kappa shape index (κ3) is 2.76. The number of fused-ring (bicyclic) bond motifs is 1. The summed E-state index contributed by atoms with van der Waals surface area (Å²) < 4.78 is 0. The fourth-order valence-corrected chi connectivity index (χ4v) is 3.98. The Morgan fingerprint density at radius 2 is 2.31 bits per heavy atom. The maximum absolute atomic E-state index is 3.78. The molecule has 1 aliphatic rings. The molecular weight excluding hydrogens is 234 g/mol. The van der Waals surface area contributed by atoms with Crippen molar-refractivity contribution in [2.75, 3.05) is 17.8 Å². The van der Waals surface area contributed by atoms with E-state index in [4.69, 9.17) is 0 Å². The Balaban J connectivity index is 2.02. The van der Waals surface area contributed by atoms with E-state index in [9.17, 15) is 0 Å². The zero-order valence-corrected chi connectivity index (χ0v) is 11.5. The molecule has 2 atom stereocenters. The first-order valence-electron chi connectivity index (χ1n) is 5.81. The summed E-state index contributed by atoms with van der Waals surface area (Å²) in [5, 5.41) is 3.78. The van der Waals surface area contributed by atoms with Crippen molar-refractivity contribution in [1.82, 2.24) is 5.32 Å². The molecule has 1 aromatic carbocycles. The molecule has 0 bridgehead atoms. The normalized spacial score (nSPS) is 20.8. The van der Waals surface area contributed by atoms with Gasteiger partial charge in [-0.05, 0) is 24.3 Å². The van der Waals surface area contributed by atoms with Crippen molar-refractivity contribution in [3.8, 4) is 0 Å². The van der Waals surface area contributed by atoms with Crippen molar-refractivity contribution in [3.05, 3.63) is 29.8 Å². The predicted molar refractivity (Wildman–Crippen MR) is 75.5 cm³/mol. The molecule has 0 spiro atoms. The molecule has 1 nitrogen and oxygen atoms in total. The van der Waals surface area contributed by atoms with E-state index in [1.165, 1.54) is 28.4 Å². The van der Waals surface area contributed by atoms with Gasteiger partial charge in [0.15, 0.2) is 0 Å². The van der Waals surface area contributed by atoms with E-state index in [1.54, 1.807) is 0 Å². The van der Waals surface area contributed by atoms with Gasteiger partial charge in [-0.2, -0.15) is 11.8 Å². The van der Waals surface area contributed by atoms with E-state index in [-0.39, 0.29) is 0 Å². The number of hydrogen-bond donors (Lipinski definition) is 1. The highest BCUT2D eigenvalue weighted by atomic mass is 32.2. The standard InChI is InChI=1S/C13H19NS2/c1-3-10(8-15-2)14-12-9-16-13-7-5-4-6-11(12)13/h4-7,10,12,14H,3,8-9H2,1-2H3. The topological polar surface area (TPSA) is 12.0 Å². The second-order valence-corrected chi connectivity index (χ2v) is 6.10. The summed E-state index contributed by atoms with van der Waals surface area (Å²) >= 11 is 3.91. The van der Waals surface area contributed by atoms with E-state index in [0.29, 0.717) is 12.1 Å². The van der Waals surface area contributed by atoms with Gasteiger partial charge in [-0.3, -0.25) is 0 Å². The smallest absolute Gasteiger partial charge is 0.0428 e. The Morgan fingerprint density at radius 3 is 3.06 bits per heavy atom. The van der Waals surface area contributed by atoms with Gasteiger partial charge < -0.3 is 5.32 Å². The minimum atomic E-state index is 0.554. The molecule has 0 amide bonds. The summed E-state index contributed by atoms with van der Waals surface area (Å²) in [5.74, 6) is 2.39. The maximum atomic E-state index is 3.78. The average Bonchev–Trinajstić information content (AvgIpc) is 2.72. The molecule has 0 aromatic heterocycles. The van der Waals surface area contributed by atoms with E-state index < -0.39 is 0 Å². The zero-order chi connectivity index (χ0) is 11.4. The van der Waals surface area contributed by atoms with Gasteiger partial charge in [-0.1, -0.05) is 25.1 Å². The Labute approximate surface area is 107 Å². The monoisotopic (exact) mass is 253 g/mol. The van der Waals surface area contributed by atoms with Crippen LogP contribution in [0.3, 0.4) is 0 Å². The van der Waals surface area contributed by atoms with Crippen LogP contribution in [0.1, 0.15) is 24.9 Å². The van der Waals surface area contributed by atoms with Gasteiger partial charge >= 0.3 is 0 Å². The quantitative estimate of drug-likeness (QED) is 0.861. The highest BCUT2D eigenvalue weighted by Crippen LogP contribution is 2.38. The minimum Gasteiger partial charge on any atom is -0.306 e. The zero-order valence-electron chi connectivity index (χ0n) is 9.90. The van der Waals surface area contributed by atoms with Gasteiger partial charge in [-0.15, -0.1) is 11.8 Å². The summed E-state index contributed by atoms with van der Waals surface area (Å²) in [6, 6.07) is 9.98. The summed E-state index contributed by atoms with van der Waals surface area (Å²) in [6.45, 7) is 2.27. The van der Waals surface area contributed by atoms with Crippen molar-refractivity contribution in [2.45, 2.75) is 30.3 Å². The molecule has 2 unspecified atom stereocenters. The largest absolute Gasteiger partial charge is 0.306 e. The minimum absolute atomic E-state index is 0.554. The molecule has 16 heavy (non-hydrogen) atoms. The molecule has 0 saturated carbocycles. The number of hydrogen-bond acceptors (Lipinski definition) is 3. The highest BCUT2D eigenvalue weighted by molar-refractivity contribution is 7.99. The predicted octanol–water partition coefficient (Wildman–Crippen LogP) is 3.56. The Hall–Kier alpha value is -0.120. The Kier molecular flexibility index (Phi) is 4.62.